The molecule has 0 aromatic heterocycles. The molecule has 21 heavy (non-hydrogen) atoms. The van der Waals surface area contributed by atoms with Crippen molar-refractivity contribution < 1.29 is 14.7 Å². The molecule has 2 amide bonds. The molecule has 2 unspecified atom stereocenters. The van der Waals surface area contributed by atoms with Gasteiger partial charge in [0, 0.05) is 25.6 Å². The van der Waals surface area contributed by atoms with Crippen molar-refractivity contribution >= 4 is 11.8 Å². The highest BCUT2D eigenvalue weighted by molar-refractivity contribution is 5.90. The van der Waals surface area contributed by atoms with Crippen LogP contribution in [0.2, 0.25) is 0 Å². The van der Waals surface area contributed by atoms with Crippen LogP contribution in [0.4, 0.5) is 0 Å². The number of carbonyl (C=O) groups excluding carboxylic acids is 2. The molecule has 0 aromatic rings. The van der Waals surface area contributed by atoms with Crippen LogP contribution in [-0.2, 0) is 9.59 Å². The highest BCUT2D eigenvalue weighted by Gasteiger charge is 2.41. The zero-order valence-corrected chi connectivity index (χ0v) is 13.3. The maximum absolute atomic E-state index is 12.3. The molecule has 0 radical (unpaired) electrons. The topological polar surface area (TPSA) is 72.9 Å². The molecule has 1 saturated carbocycles. The molecule has 0 spiro atoms. The van der Waals surface area contributed by atoms with Crippen molar-refractivity contribution in [3.05, 3.63) is 0 Å². The molecular weight excluding hydrogens is 270 g/mol. The number of rotatable bonds is 6. The fraction of sp³-hybridized carbons (Fsp3) is 0.867. The Morgan fingerprint density at radius 3 is 2.57 bits per heavy atom. The lowest BCUT2D eigenvalue weighted by Gasteiger charge is -2.29. The van der Waals surface area contributed by atoms with Gasteiger partial charge in [0.1, 0.15) is 6.04 Å². The minimum atomic E-state index is -0.969. The van der Waals surface area contributed by atoms with Crippen LogP contribution in [0.25, 0.3) is 0 Å². The summed E-state index contributed by atoms with van der Waals surface area (Å²) in [5.41, 5.74) is -0.969. The van der Waals surface area contributed by atoms with Gasteiger partial charge in [-0.25, -0.2) is 0 Å². The molecule has 0 bridgehead atoms. The molecule has 2 atom stereocenters. The van der Waals surface area contributed by atoms with E-state index in [1.54, 1.807) is 11.8 Å². The molecule has 6 nitrogen and oxygen atoms in total. The fourth-order valence-corrected chi connectivity index (χ4v) is 3.00. The highest BCUT2D eigenvalue weighted by atomic mass is 16.3. The number of aliphatic hydroxyl groups is 1. The zero-order chi connectivity index (χ0) is 15.6. The number of amides is 2. The second-order valence-corrected chi connectivity index (χ2v) is 6.92. The number of likely N-dealkylation sites (N-methyl/N-ethyl adjacent to an activating group) is 1. The molecule has 1 saturated heterocycles. The second kappa shape index (κ2) is 6.32. The largest absolute Gasteiger partial charge is 0.387 e. The summed E-state index contributed by atoms with van der Waals surface area (Å²) in [6.07, 6.45) is 3.52. The lowest BCUT2D eigenvalue weighted by atomic mass is 10.1. The smallest absolute Gasteiger partial charge is 0.242 e. The first kappa shape index (κ1) is 16.2. The lowest BCUT2D eigenvalue weighted by molar-refractivity contribution is -0.139. The van der Waals surface area contributed by atoms with E-state index in [4.69, 9.17) is 0 Å². The van der Waals surface area contributed by atoms with Gasteiger partial charge in [-0.3, -0.25) is 9.59 Å². The normalized spacial score (nSPS) is 25.0. The van der Waals surface area contributed by atoms with Gasteiger partial charge in [0.25, 0.3) is 0 Å². The molecule has 6 heteroatoms. The number of carbonyl (C=O) groups is 2. The Morgan fingerprint density at radius 1 is 1.33 bits per heavy atom. The molecule has 2 N–H and O–H groups in total. The quantitative estimate of drug-likeness (QED) is 0.713. The second-order valence-electron chi connectivity index (χ2n) is 6.92. The molecule has 0 aromatic carbocycles. The monoisotopic (exact) mass is 297 g/mol. The summed E-state index contributed by atoms with van der Waals surface area (Å²) < 4.78 is 0. The average molecular weight is 297 g/mol. The zero-order valence-electron chi connectivity index (χ0n) is 13.3. The summed E-state index contributed by atoms with van der Waals surface area (Å²) in [4.78, 5) is 28.1. The first-order chi connectivity index (χ1) is 9.80. The minimum Gasteiger partial charge on any atom is -0.387 e. The van der Waals surface area contributed by atoms with Crippen LogP contribution in [-0.4, -0.2) is 72.1 Å². The molecule has 2 fully saturated rings. The van der Waals surface area contributed by atoms with Gasteiger partial charge in [0.15, 0.2) is 0 Å². The van der Waals surface area contributed by atoms with Crippen molar-refractivity contribution in [1.29, 1.82) is 0 Å². The van der Waals surface area contributed by atoms with Gasteiger partial charge >= 0.3 is 0 Å². The van der Waals surface area contributed by atoms with Crippen molar-refractivity contribution in [3.63, 3.8) is 0 Å². The Labute approximate surface area is 126 Å². The molecular formula is C15H27N3O3. The standard InChI is InChI=1S/C15H27N3O3/c1-15(21,10-17(2)3)9-16-13(19)12-5-4-8-18(12)14(20)11-6-7-11/h11-12,21H,4-10H2,1-3H3,(H,16,19). The Bertz CT molecular complexity index is 405. The lowest BCUT2D eigenvalue weighted by Crippen LogP contribution is -2.52. The maximum atomic E-state index is 12.3. The van der Waals surface area contributed by atoms with E-state index < -0.39 is 5.60 Å². The van der Waals surface area contributed by atoms with Crippen molar-refractivity contribution in [1.82, 2.24) is 15.1 Å². The average Bonchev–Trinajstić information content (AvgIpc) is 3.11. The molecule has 120 valence electrons. The summed E-state index contributed by atoms with van der Waals surface area (Å²) in [6, 6.07) is -0.353. The summed E-state index contributed by atoms with van der Waals surface area (Å²) in [7, 11) is 3.76. The third kappa shape index (κ3) is 4.41. The summed E-state index contributed by atoms with van der Waals surface area (Å²) >= 11 is 0. The van der Waals surface area contributed by atoms with Gasteiger partial charge in [-0.2, -0.15) is 0 Å². The van der Waals surface area contributed by atoms with Crippen LogP contribution in [0.1, 0.15) is 32.6 Å². The summed E-state index contributed by atoms with van der Waals surface area (Å²) in [5, 5.41) is 13.0. The van der Waals surface area contributed by atoms with Crippen molar-refractivity contribution in [2.75, 3.05) is 33.7 Å². The predicted octanol–water partition coefficient (Wildman–Crippen LogP) is -0.184. The SMILES string of the molecule is CN(C)CC(C)(O)CNC(=O)C1CCCN1C(=O)C1CC1. The van der Waals surface area contributed by atoms with Crippen molar-refractivity contribution in [2.45, 2.75) is 44.2 Å². The number of likely N-dealkylation sites (tertiary alicyclic amines) is 1. The van der Waals surface area contributed by atoms with E-state index in [2.05, 4.69) is 5.32 Å². The Morgan fingerprint density at radius 2 is 2.00 bits per heavy atom. The van der Waals surface area contributed by atoms with Crippen molar-refractivity contribution in [3.8, 4) is 0 Å². The van der Waals surface area contributed by atoms with E-state index in [1.807, 2.05) is 19.0 Å². The molecule has 1 heterocycles. The van der Waals surface area contributed by atoms with Gasteiger partial charge in [-0.15, -0.1) is 0 Å². The first-order valence-corrected chi connectivity index (χ1v) is 7.75. The van der Waals surface area contributed by atoms with Crippen LogP contribution >= 0.6 is 0 Å². The Hall–Kier alpha value is -1.14. The van der Waals surface area contributed by atoms with Crippen LogP contribution in [0.3, 0.4) is 0 Å². The molecule has 1 aliphatic heterocycles. The number of hydrogen-bond acceptors (Lipinski definition) is 4. The van der Waals surface area contributed by atoms with Crippen LogP contribution < -0.4 is 5.32 Å². The van der Waals surface area contributed by atoms with Crippen LogP contribution in [0.15, 0.2) is 0 Å². The van der Waals surface area contributed by atoms with E-state index in [0.29, 0.717) is 13.1 Å². The van der Waals surface area contributed by atoms with E-state index in [1.165, 1.54) is 0 Å². The number of hydrogen-bond donors (Lipinski definition) is 2. The third-order valence-electron chi connectivity index (χ3n) is 4.07. The first-order valence-electron chi connectivity index (χ1n) is 7.75. The maximum Gasteiger partial charge on any atom is 0.242 e. The van der Waals surface area contributed by atoms with Gasteiger partial charge < -0.3 is 20.2 Å². The minimum absolute atomic E-state index is 0.132. The fourth-order valence-electron chi connectivity index (χ4n) is 3.00. The van der Waals surface area contributed by atoms with Gasteiger partial charge in [-0.05, 0) is 46.7 Å². The predicted molar refractivity (Wildman–Crippen MR) is 79.6 cm³/mol. The van der Waals surface area contributed by atoms with Crippen molar-refractivity contribution in [2.24, 2.45) is 5.92 Å². The van der Waals surface area contributed by atoms with Crippen LogP contribution in [0.5, 0.6) is 0 Å². The summed E-state index contributed by atoms with van der Waals surface area (Å²) in [6.45, 7) is 3.06. The number of nitrogens with one attached hydrogen (secondary N) is 1. The molecule has 2 aliphatic rings. The number of nitrogens with zero attached hydrogens (tertiary/aromatic N) is 2. The van der Waals surface area contributed by atoms with Gasteiger partial charge in [0.2, 0.25) is 11.8 Å². The third-order valence-corrected chi connectivity index (χ3v) is 4.07. The van der Waals surface area contributed by atoms with E-state index in [-0.39, 0.29) is 30.3 Å². The Kier molecular flexibility index (Phi) is 4.88. The van der Waals surface area contributed by atoms with Crippen LogP contribution in [0, 0.1) is 5.92 Å². The highest BCUT2D eigenvalue weighted by Crippen LogP contribution is 2.33. The van der Waals surface area contributed by atoms with Gasteiger partial charge in [0.05, 0.1) is 5.60 Å². The Balaban J connectivity index is 1.85. The van der Waals surface area contributed by atoms with E-state index in [0.717, 1.165) is 25.7 Å². The summed E-state index contributed by atoms with van der Waals surface area (Å²) in [5.74, 6) is 0.142. The molecule has 2 rings (SSSR count). The van der Waals surface area contributed by atoms with E-state index in [9.17, 15) is 14.7 Å². The molecule has 1 aliphatic carbocycles. The van der Waals surface area contributed by atoms with E-state index >= 15 is 0 Å². The van der Waals surface area contributed by atoms with Gasteiger partial charge in [-0.1, -0.05) is 0 Å².